The lowest BCUT2D eigenvalue weighted by atomic mass is 10.0. The Hall–Kier alpha value is -0.0800. The van der Waals surface area contributed by atoms with Crippen molar-refractivity contribution in [3.63, 3.8) is 0 Å². The van der Waals surface area contributed by atoms with Gasteiger partial charge in [0.25, 0.3) is 0 Å². The van der Waals surface area contributed by atoms with Crippen molar-refractivity contribution in [1.82, 2.24) is 5.32 Å². The Balaban J connectivity index is 1.79. The second-order valence-corrected chi connectivity index (χ2v) is 4.26. The van der Waals surface area contributed by atoms with Crippen molar-refractivity contribution in [2.45, 2.75) is 45.1 Å². The average molecular weight is 185 g/mol. The summed E-state index contributed by atoms with van der Waals surface area (Å²) in [5.41, 5.74) is 0. The van der Waals surface area contributed by atoms with Gasteiger partial charge in [0.05, 0.1) is 0 Å². The number of methoxy groups -OCH3 is 1. The molecule has 1 unspecified atom stereocenters. The van der Waals surface area contributed by atoms with Gasteiger partial charge in [-0.25, -0.2) is 0 Å². The summed E-state index contributed by atoms with van der Waals surface area (Å²) in [7, 11) is 1.78. The average Bonchev–Trinajstić information content (AvgIpc) is 2.92. The molecule has 0 aliphatic heterocycles. The zero-order valence-corrected chi connectivity index (χ0v) is 9.01. The molecule has 1 N–H and O–H groups in total. The van der Waals surface area contributed by atoms with Crippen LogP contribution in [0.25, 0.3) is 0 Å². The quantitative estimate of drug-likeness (QED) is 0.585. The predicted molar refractivity (Wildman–Crippen MR) is 55.9 cm³/mol. The molecular weight excluding hydrogens is 162 g/mol. The van der Waals surface area contributed by atoms with Crippen LogP contribution in [0.1, 0.15) is 39.0 Å². The summed E-state index contributed by atoms with van der Waals surface area (Å²) >= 11 is 0. The molecule has 1 saturated carbocycles. The first-order valence-corrected chi connectivity index (χ1v) is 5.55. The molecule has 2 nitrogen and oxygen atoms in total. The lowest BCUT2D eigenvalue weighted by Crippen LogP contribution is -2.18. The van der Waals surface area contributed by atoms with Crippen molar-refractivity contribution < 1.29 is 4.74 Å². The molecule has 1 aliphatic rings. The van der Waals surface area contributed by atoms with Gasteiger partial charge in [0.1, 0.15) is 0 Å². The van der Waals surface area contributed by atoms with Crippen LogP contribution in [0, 0.1) is 5.92 Å². The Kier molecular flexibility index (Phi) is 5.40. The Morgan fingerprint density at radius 1 is 1.38 bits per heavy atom. The van der Waals surface area contributed by atoms with Gasteiger partial charge in [0.15, 0.2) is 0 Å². The fraction of sp³-hybridized carbons (Fsp3) is 1.00. The van der Waals surface area contributed by atoms with Gasteiger partial charge >= 0.3 is 0 Å². The third kappa shape index (κ3) is 6.05. The first-order chi connectivity index (χ1) is 6.33. The smallest absolute Gasteiger partial charge is 0.0464 e. The van der Waals surface area contributed by atoms with Crippen LogP contribution in [0.15, 0.2) is 0 Å². The molecule has 13 heavy (non-hydrogen) atoms. The minimum Gasteiger partial charge on any atom is -0.385 e. The van der Waals surface area contributed by atoms with Gasteiger partial charge in [-0.15, -0.1) is 0 Å². The number of hydrogen-bond acceptors (Lipinski definition) is 2. The van der Waals surface area contributed by atoms with Crippen LogP contribution in [-0.4, -0.2) is 26.3 Å². The molecule has 2 heteroatoms. The number of ether oxygens (including phenoxy) is 1. The fourth-order valence-corrected chi connectivity index (χ4v) is 1.51. The molecule has 0 bridgehead atoms. The van der Waals surface area contributed by atoms with Crippen LogP contribution in [-0.2, 0) is 4.74 Å². The van der Waals surface area contributed by atoms with Gasteiger partial charge < -0.3 is 10.1 Å². The van der Waals surface area contributed by atoms with Crippen molar-refractivity contribution in [2.24, 2.45) is 5.92 Å². The summed E-state index contributed by atoms with van der Waals surface area (Å²) in [5, 5.41) is 3.54. The van der Waals surface area contributed by atoms with E-state index in [4.69, 9.17) is 4.74 Å². The Morgan fingerprint density at radius 2 is 2.15 bits per heavy atom. The van der Waals surface area contributed by atoms with Crippen molar-refractivity contribution in [3.05, 3.63) is 0 Å². The summed E-state index contributed by atoms with van der Waals surface area (Å²) in [5.74, 6) is 0.820. The highest BCUT2D eigenvalue weighted by molar-refractivity contribution is 4.80. The SMILES string of the molecule is COCCC(C)CCCNC1CC1. The molecule has 0 aromatic heterocycles. The standard InChI is InChI=1S/C11H23NO/c1-10(7-9-13-2)4-3-8-12-11-5-6-11/h10-12H,3-9H2,1-2H3. The van der Waals surface area contributed by atoms with E-state index in [-0.39, 0.29) is 0 Å². The van der Waals surface area contributed by atoms with Gasteiger partial charge in [0.2, 0.25) is 0 Å². The van der Waals surface area contributed by atoms with E-state index in [1.54, 1.807) is 7.11 Å². The van der Waals surface area contributed by atoms with E-state index >= 15 is 0 Å². The van der Waals surface area contributed by atoms with E-state index in [0.29, 0.717) is 0 Å². The van der Waals surface area contributed by atoms with Crippen LogP contribution in [0.2, 0.25) is 0 Å². The van der Waals surface area contributed by atoms with Crippen LogP contribution >= 0.6 is 0 Å². The molecule has 1 rings (SSSR count). The largest absolute Gasteiger partial charge is 0.385 e. The summed E-state index contributed by atoms with van der Waals surface area (Å²) < 4.78 is 5.05. The van der Waals surface area contributed by atoms with E-state index in [9.17, 15) is 0 Å². The maximum absolute atomic E-state index is 5.05. The number of hydrogen-bond donors (Lipinski definition) is 1. The van der Waals surface area contributed by atoms with E-state index in [2.05, 4.69) is 12.2 Å². The van der Waals surface area contributed by atoms with Gasteiger partial charge in [-0.1, -0.05) is 6.92 Å². The third-order valence-corrected chi connectivity index (χ3v) is 2.70. The van der Waals surface area contributed by atoms with E-state index in [1.807, 2.05) is 0 Å². The molecule has 0 heterocycles. The first-order valence-electron chi connectivity index (χ1n) is 5.55. The molecular formula is C11H23NO. The van der Waals surface area contributed by atoms with Crippen molar-refractivity contribution in [2.75, 3.05) is 20.3 Å². The number of rotatable bonds is 8. The number of nitrogens with one attached hydrogen (secondary N) is 1. The highest BCUT2D eigenvalue weighted by Crippen LogP contribution is 2.18. The first kappa shape index (κ1) is 11.0. The third-order valence-electron chi connectivity index (χ3n) is 2.70. The van der Waals surface area contributed by atoms with Crippen molar-refractivity contribution >= 4 is 0 Å². The summed E-state index contributed by atoms with van der Waals surface area (Å²) in [6.45, 7) is 4.44. The Morgan fingerprint density at radius 3 is 2.77 bits per heavy atom. The topological polar surface area (TPSA) is 21.3 Å². The highest BCUT2D eigenvalue weighted by atomic mass is 16.5. The van der Waals surface area contributed by atoms with Crippen LogP contribution in [0.5, 0.6) is 0 Å². The lowest BCUT2D eigenvalue weighted by Gasteiger charge is -2.10. The van der Waals surface area contributed by atoms with Crippen LogP contribution < -0.4 is 5.32 Å². The molecule has 1 atom stereocenters. The second-order valence-electron chi connectivity index (χ2n) is 4.26. The molecule has 0 saturated heterocycles. The van der Waals surface area contributed by atoms with E-state index in [0.717, 1.165) is 18.6 Å². The zero-order chi connectivity index (χ0) is 9.52. The minimum atomic E-state index is 0.820. The van der Waals surface area contributed by atoms with Gasteiger partial charge in [-0.05, 0) is 44.6 Å². The Bertz CT molecular complexity index is 123. The lowest BCUT2D eigenvalue weighted by molar-refractivity contribution is 0.178. The molecule has 0 radical (unpaired) electrons. The van der Waals surface area contributed by atoms with E-state index in [1.165, 1.54) is 38.6 Å². The summed E-state index contributed by atoms with van der Waals surface area (Å²) in [4.78, 5) is 0. The molecule has 0 aromatic carbocycles. The van der Waals surface area contributed by atoms with Crippen molar-refractivity contribution in [3.8, 4) is 0 Å². The maximum Gasteiger partial charge on any atom is 0.0464 e. The zero-order valence-electron chi connectivity index (χ0n) is 9.01. The maximum atomic E-state index is 5.05. The summed E-state index contributed by atoms with van der Waals surface area (Å²) in [6.07, 6.45) is 6.67. The molecule has 78 valence electrons. The molecule has 1 aliphatic carbocycles. The Labute approximate surface area is 82.0 Å². The van der Waals surface area contributed by atoms with Gasteiger partial charge in [0, 0.05) is 19.8 Å². The molecule has 0 spiro atoms. The monoisotopic (exact) mass is 185 g/mol. The van der Waals surface area contributed by atoms with Gasteiger partial charge in [-0.3, -0.25) is 0 Å². The fourth-order valence-electron chi connectivity index (χ4n) is 1.51. The van der Waals surface area contributed by atoms with Crippen molar-refractivity contribution in [1.29, 1.82) is 0 Å². The molecule has 0 aromatic rings. The van der Waals surface area contributed by atoms with E-state index < -0.39 is 0 Å². The normalized spacial score (nSPS) is 18.9. The second kappa shape index (κ2) is 6.39. The predicted octanol–water partition coefficient (Wildman–Crippen LogP) is 2.19. The minimum absolute atomic E-state index is 0.820. The summed E-state index contributed by atoms with van der Waals surface area (Å²) in [6, 6.07) is 0.870. The molecule has 1 fully saturated rings. The van der Waals surface area contributed by atoms with Gasteiger partial charge in [-0.2, -0.15) is 0 Å². The van der Waals surface area contributed by atoms with Crippen LogP contribution in [0.3, 0.4) is 0 Å². The van der Waals surface area contributed by atoms with Crippen LogP contribution in [0.4, 0.5) is 0 Å². The highest BCUT2D eigenvalue weighted by Gasteiger charge is 2.19. The molecule has 0 amide bonds.